The van der Waals surface area contributed by atoms with Gasteiger partial charge < -0.3 is 4.42 Å². The normalized spacial score (nSPS) is 12.2. The third-order valence-electron chi connectivity index (χ3n) is 6.64. The Morgan fingerprint density at radius 3 is 2.30 bits per heavy atom. The Labute approximate surface area is 192 Å². The molecule has 8 rings (SSSR count). The first-order chi connectivity index (χ1) is 16.4. The molecule has 0 spiro atoms. The number of benzene rings is 4. The Morgan fingerprint density at radius 1 is 0.667 bits per heavy atom. The molecule has 33 heavy (non-hydrogen) atoms. The van der Waals surface area contributed by atoms with Gasteiger partial charge in [0.1, 0.15) is 11.4 Å². The zero-order valence-electron chi connectivity index (χ0n) is 17.4. The monoisotopic (exact) mass is 440 g/mol. The van der Waals surface area contributed by atoms with Crippen LogP contribution in [-0.2, 0) is 0 Å². The van der Waals surface area contributed by atoms with Crippen molar-refractivity contribution in [1.29, 1.82) is 0 Å². The van der Waals surface area contributed by atoms with Gasteiger partial charge in [-0.05, 0) is 30.3 Å². The number of furan rings is 1. The summed E-state index contributed by atoms with van der Waals surface area (Å²) in [5.74, 6) is 0.924. The van der Waals surface area contributed by atoms with Crippen molar-refractivity contribution in [3.63, 3.8) is 0 Å². The van der Waals surface area contributed by atoms with Crippen molar-refractivity contribution in [2.24, 2.45) is 0 Å². The van der Waals surface area contributed by atoms with E-state index in [0.29, 0.717) is 0 Å². The highest BCUT2D eigenvalue weighted by Crippen LogP contribution is 2.50. The number of hydrogen-bond donors (Lipinski definition) is 0. The maximum Gasteiger partial charge on any atom is 0.154 e. The average molecular weight is 441 g/mol. The molecule has 4 heterocycles. The van der Waals surface area contributed by atoms with Crippen molar-refractivity contribution in [2.45, 2.75) is 0 Å². The maximum atomic E-state index is 6.55. The molecule has 154 valence electrons. The van der Waals surface area contributed by atoms with E-state index in [1.54, 1.807) is 0 Å². The van der Waals surface area contributed by atoms with Crippen LogP contribution in [0.15, 0.2) is 102 Å². The number of aromatic nitrogens is 2. The number of rotatable bonds is 1. The van der Waals surface area contributed by atoms with Gasteiger partial charge >= 0.3 is 0 Å². The van der Waals surface area contributed by atoms with Gasteiger partial charge in [-0.25, -0.2) is 4.98 Å². The lowest BCUT2D eigenvalue weighted by Crippen LogP contribution is -1.96. The van der Waals surface area contributed by atoms with E-state index < -0.39 is 0 Å². The van der Waals surface area contributed by atoms with Crippen LogP contribution in [0.1, 0.15) is 0 Å². The van der Waals surface area contributed by atoms with Gasteiger partial charge in [-0.2, -0.15) is 0 Å². The molecular weight excluding hydrogens is 424 g/mol. The molecule has 0 unspecified atom stereocenters. The summed E-state index contributed by atoms with van der Waals surface area (Å²) in [7, 11) is 0. The molecule has 4 aromatic carbocycles. The van der Waals surface area contributed by atoms with Crippen LogP contribution in [0.2, 0.25) is 0 Å². The second-order valence-electron chi connectivity index (χ2n) is 8.37. The third kappa shape index (κ3) is 2.16. The Morgan fingerprint density at radius 2 is 1.42 bits per heavy atom. The fourth-order valence-corrected chi connectivity index (χ4v) is 6.54. The van der Waals surface area contributed by atoms with Gasteiger partial charge in [0.15, 0.2) is 5.58 Å². The quantitative estimate of drug-likeness (QED) is 0.256. The van der Waals surface area contributed by atoms with Crippen molar-refractivity contribution < 1.29 is 4.42 Å². The van der Waals surface area contributed by atoms with E-state index in [1.165, 1.54) is 41.8 Å². The van der Waals surface area contributed by atoms with E-state index in [-0.39, 0.29) is 0 Å². The average Bonchev–Trinajstić information content (AvgIpc) is 3.54. The number of pyridine rings is 1. The molecule has 0 saturated carbocycles. The zero-order chi connectivity index (χ0) is 21.5. The second-order valence-corrected chi connectivity index (χ2v) is 9.42. The van der Waals surface area contributed by atoms with Crippen molar-refractivity contribution in [3.8, 4) is 5.82 Å². The van der Waals surface area contributed by atoms with Crippen LogP contribution in [0.3, 0.4) is 0 Å². The van der Waals surface area contributed by atoms with E-state index in [1.807, 2.05) is 29.7 Å². The number of thiophene rings is 1. The van der Waals surface area contributed by atoms with E-state index in [2.05, 4.69) is 83.4 Å². The highest BCUT2D eigenvalue weighted by molar-refractivity contribution is 7.26. The molecule has 0 aliphatic carbocycles. The molecular formula is C29H16N2OS. The lowest BCUT2D eigenvalue weighted by Gasteiger charge is -2.08. The van der Waals surface area contributed by atoms with E-state index >= 15 is 0 Å². The summed E-state index contributed by atoms with van der Waals surface area (Å²) in [5.41, 5.74) is 4.25. The Balaban J connectivity index is 1.81. The van der Waals surface area contributed by atoms with Gasteiger partial charge in [0.2, 0.25) is 0 Å². The van der Waals surface area contributed by atoms with Gasteiger partial charge in [0, 0.05) is 43.2 Å². The minimum atomic E-state index is 0.924. The predicted octanol–water partition coefficient (Wildman–Crippen LogP) is 8.45. The molecule has 0 bridgehead atoms. The SMILES string of the molecule is c1ccc(-n2c3ccccc3c3c4c5ccccc5oc4c4sc5ccccc5c4c32)nc1. The predicted molar refractivity (Wildman–Crippen MR) is 139 cm³/mol. The number of para-hydroxylation sites is 2. The van der Waals surface area contributed by atoms with Crippen molar-refractivity contribution >= 4 is 75.3 Å². The molecule has 0 aliphatic rings. The van der Waals surface area contributed by atoms with Crippen LogP contribution in [0, 0.1) is 0 Å². The van der Waals surface area contributed by atoms with Gasteiger partial charge in [-0.1, -0.05) is 60.7 Å². The minimum absolute atomic E-state index is 0.924. The summed E-state index contributed by atoms with van der Waals surface area (Å²) < 4.78 is 11.3. The highest BCUT2D eigenvalue weighted by Gasteiger charge is 2.25. The van der Waals surface area contributed by atoms with Gasteiger partial charge in [0.05, 0.1) is 15.7 Å². The first-order valence-electron chi connectivity index (χ1n) is 11.0. The molecule has 0 radical (unpaired) electrons. The molecule has 0 fully saturated rings. The van der Waals surface area contributed by atoms with Crippen LogP contribution < -0.4 is 0 Å². The first kappa shape index (κ1) is 17.4. The standard InChI is InChI=1S/C29H16N2OS/c1-4-12-20-17(9-1)24-25-18-10-2-5-13-21(18)32-28(25)29-26(19-11-3-6-14-22(19)33-29)27(24)31(20)23-15-7-8-16-30-23/h1-16H. The second kappa shape index (κ2) is 6.21. The molecule has 4 aromatic heterocycles. The molecule has 0 atom stereocenters. The van der Waals surface area contributed by atoms with Crippen LogP contribution in [-0.4, -0.2) is 9.55 Å². The molecule has 0 aliphatic heterocycles. The van der Waals surface area contributed by atoms with E-state index in [4.69, 9.17) is 9.40 Å². The fourth-order valence-electron chi connectivity index (χ4n) is 5.35. The smallest absolute Gasteiger partial charge is 0.154 e. The van der Waals surface area contributed by atoms with Crippen molar-refractivity contribution in [1.82, 2.24) is 9.55 Å². The lowest BCUT2D eigenvalue weighted by atomic mass is 10.0. The number of hydrogen-bond acceptors (Lipinski definition) is 3. The maximum absolute atomic E-state index is 6.55. The Kier molecular flexibility index (Phi) is 3.28. The summed E-state index contributed by atoms with van der Waals surface area (Å²) in [6.07, 6.45) is 1.87. The summed E-state index contributed by atoms with van der Waals surface area (Å²) in [5, 5.41) is 7.27. The van der Waals surface area contributed by atoms with Crippen LogP contribution >= 0.6 is 11.3 Å². The van der Waals surface area contributed by atoms with Crippen LogP contribution in [0.25, 0.3) is 69.7 Å². The summed E-state index contributed by atoms with van der Waals surface area (Å²) in [6, 6.07) is 31.8. The first-order valence-corrected chi connectivity index (χ1v) is 11.8. The Hall–Kier alpha value is -4.15. The minimum Gasteiger partial charge on any atom is -0.455 e. The Bertz CT molecular complexity index is 2030. The fraction of sp³-hybridized carbons (Fsp3) is 0. The summed E-state index contributed by atoms with van der Waals surface area (Å²) >= 11 is 1.81. The molecule has 4 heteroatoms. The van der Waals surface area contributed by atoms with Crippen LogP contribution in [0.4, 0.5) is 0 Å². The summed E-state index contributed by atoms with van der Waals surface area (Å²) in [4.78, 5) is 4.77. The molecule has 0 N–H and O–H groups in total. The molecule has 3 nitrogen and oxygen atoms in total. The van der Waals surface area contributed by atoms with E-state index in [9.17, 15) is 0 Å². The highest BCUT2D eigenvalue weighted by atomic mass is 32.1. The zero-order valence-corrected chi connectivity index (χ0v) is 18.3. The largest absolute Gasteiger partial charge is 0.455 e. The lowest BCUT2D eigenvalue weighted by molar-refractivity contribution is 0.673. The van der Waals surface area contributed by atoms with Gasteiger partial charge in [0.25, 0.3) is 0 Å². The molecule has 0 saturated heterocycles. The van der Waals surface area contributed by atoms with E-state index in [0.717, 1.165) is 27.9 Å². The van der Waals surface area contributed by atoms with Gasteiger partial charge in [-0.15, -0.1) is 11.3 Å². The third-order valence-corrected chi connectivity index (χ3v) is 7.81. The van der Waals surface area contributed by atoms with Crippen molar-refractivity contribution in [2.75, 3.05) is 0 Å². The van der Waals surface area contributed by atoms with Crippen LogP contribution in [0.5, 0.6) is 0 Å². The van der Waals surface area contributed by atoms with Crippen molar-refractivity contribution in [3.05, 3.63) is 97.2 Å². The summed E-state index contributed by atoms with van der Waals surface area (Å²) in [6.45, 7) is 0. The van der Waals surface area contributed by atoms with Gasteiger partial charge in [-0.3, -0.25) is 4.57 Å². The molecule has 0 amide bonds. The number of nitrogens with zero attached hydrogens (tertiary/aromatic N) is 2. The number of fused-ring (bicyclic) bond motifs is 12. The topological polar surface area (TPSA) is 31.0 Å². The molecule has 8 aromatic rings.